The Kier molecular flexibility index (Phi) is 5.22. The first-order chi connectivity index (χ1) is 9.28. The van der Waals surface area contributed by atoms with E-state index in [1.807, 2.05) is 4.98 Å². The van der Waals surface area contributed by atoms with E-state index < -0.39 is 32.1 Å². The summed E-state index contributed by atoms with van der Waals surface area (Å²) in [5, 5.41) is 0. The van der Waals surface area contributed by atoms with Gasteiger partial charge in [0.25, 0.3) is 5.56 Å². The molecule has 1 aromatic rings. The summed E-state index contributed by atoms with van der Waals surface area (Å²) < 4.78 is 29.6. The molecule has 0 aromatic carbocycles. The number of ether oxygens (including phenoxy) is 1. The van der Waals surface area contributed by atoms with Gasteiger partial charge in [-0.2, -0.15) is 0 Å². The molecule has 0 bridgehead atoms. The van der Waals surface area contributed by atoms with E-state index in [4.69, 9.17) is 0 Å². The van der Waals surface area contributed by atoms with E-state index in [9.17, 15) is 22.8 Å². The molecule has 0 atom stereocenters. The van der Waals surface area contributed by atoms with E-state index in [0.29, 0.717) is 0 Å². The fraction of sp³-hybridized carbons (Fsp3) is 0.500. The number of hydrogen-bond acceptors (Lipinski definition) is 6. The number of nitrogens with zero attached hydrogens (tertiary/aromatic N) is 1. The first kappa shape index (κ1) is 16.1. The number of carbonyl (C=O) groups is 1. The molecule has 0 fully saturated rings. The first-order valence-electron chi connectivity index (χ1n) is 5.73. The zero-order chi connectivity index (χ0) is 15.3. The number of sulfonamides is 1. The quantitative estimate of drug-likeness (QED) is 0.624. The highest BCUT2D eigenvalue weighted by molar-refractivity contribution is 7.89. The molecule has 1 aromatic heterocycles. The lowest BCUT2D eigenvalue weighted by Crippen LogP contribution is -2.35. The third-order valence-electron chi connectivity index (χ3n) is 2.41. The van der Waals surface area contributed by atoms with Crippen LogP contribution in [-0.2, 0) is 19.6 Å². The Morgan fingerprint density at radius 1 is 1.40 bits per heavy atom. The maximum Gasteiger partial charge on any atom is 0.325 e. The van der Waals surface area contributed by atoms with Crippen LogP contribution in [0, 0.1) is 0 Å². The summed E-state index contributed by atoms with van der Waals surface area (Å²) in [6, 6.07) is 0. The third kappa shape index (κ3) is 3.78. The lowest BCUT2D eigenvalue weighted by molar-refractivity contribution is -0.143. The van der Waals surface area contributed by atoms with Crippen molar-refractivity contribution in [1.82, 2.24) is 14.3 Å². The fourth-order valence-corrected chi connectivity index (χ4v) is 2.52. The van der Waals surface area contributed by atoms with Crippen molar-refractivity contribution in [2.24, 2.45) is 0 Å². The highest BCUT2D eigenvalue weighted by Crippen LogP contribution is 2.08. The van der Waals surface area contributed by atoms with Crippen LogP contribution in [0.4, 0.5) is 0 Å². The van der Waals surface area contributed by atoms with Crippen LogP contribution < -0.4 is 11.2 Å². The van der Waals surface area contributed by atoms with Crippen LogP contribution in [0.3, 0.4) is 0 Å². The van der Waals surface area contributed by atoms with Gasteiger partial charge in [-0.3, -0.25) is 14.6 Å². The molecule has 0 amide bonds. The van der Waals surface area contributed by atoms with Gasteiger partial charge in [0.1, 0.15) is 0 Å². The zero-order valence-electron chi connectivity index (χ0n) is 11.0. The van der Waals surface area contributed by atoms with E-state index in [-0.39, 0.29) is 19.6 Å². The van der Waals surface area contributed by atoms with E-state index in [1.54, 1.807) is 6.92 Å². The van der Waals surface area contributed by atoms with Gasteiger partial charge in [-0.15, -0.1) is 0 Å². The maximum atomic E-state index is 12.1. The molecular weight excluding hydrogens is 290 g/mol. The molecule has 0 aliphatic heterocycles. The Morgan fingerprint density at radius 2 is 2.05 bits per heavy atom. The molecule has 0 saturated heterocycles. The number of aromatic amines is 2. The molecule has 0 saturated carbocycles. The molecule has 0 unspecified atom stereocenters. The number of nitrogens with one attached hydrogen (secondary N) is 2. The molecule has 0 aliphatic carbocycles. The summed E-state index contributed by atoms with van der Waals surface area (Å²) in [6.07, 6.45) is 0.683. The smallest absolute Gasteiger partial charge is 0.325 e. The van der Waals surface area contributed by atoms with Crippen molar-refractivity contribution in [3.8, 4) is 0 Å². The van der Waals surface area contributed by atoms with Gasteiger partial charge in [-0.1, -0.05) is 0 Å². The van der Waals surface area contributed by atoms with E-state index in [2.05, 4.69) is 9.72 Å². The molecule has 0 radical (unpaired) electrons. The Hall–Kier alpha value is -1.94. The maximum absolute atomic E-state index is 12.1. The predicted molar refractivity (Wildman–Crippen MR) is 68.7 cm³/mol. The summed E-state index contributed by atoms with van der Waals surface area (Å²) in [7, 11) is -2.86. The van der Waals surface area contributed by atoms with Gasteiger partial charge >= 0.3 is 11.7 Å². The third-order valence-corrected chi connectivity index (χ3v) is 4.27. The normalized spacial score (nSPS) is 11.6. The van der Waals surface area contributed by atoms with Gasteiger partial charge in [0.2, 0.25) is 10.0 Å². The standard InChI is InChI=1S/C10H15N3O6S/c1-3-19-8(14)4-5-13(2)20(17,18)7-6-11-10(16)12-9(7)15/h6H,3-5H2,1-2H3,(H2,11,12,15,16). The molecule has 2 N–H and O–H groups in total. The Labute approximate surface area is 114 Å². The second-order valence-corrected chi connectivity index (χ2v) is 5.83. The summed E-state index contributed by atoms with van der Waals surface area (Å²) in [4.78, 5) is 36.8. The Morgan fingerprint density at radius 3 is 2.60 bits per heavy atom. The van der Waals surface area contributed by atoms with Crippen molar-refractivity contribution in [2.75, 3.05) is 20.2 Å². The number of aromatic nitrogens is 2. The lowest BCUT2D eigenvalue weighted by Gasteiger charge is -2.15. The van der Waals surface area contributed by atoms with Crippen molar-refractivity contribution >= 4 is 16.0 Å². The largest absolute Gasteiger partial charge is 0.466 e. The molecule has 20 heavy (non-hydrogen) atoms. The van der Waals surface area contributed by atoms with Crippen LogP contribution in [0.2, 0.25) is 0 Å². The van der Waals surface area contributed by atoms with Gasteiger partial charge in [-0.05, 0) is 6.92 Å². The summed E-state index contributed by atoms with van der Waals surface area (Å²) in [5.41, 5.74) is -1.82. The van der Waals surface area contributed by atoms with Crippen molar-refractivity contribution in [3.63, 3.8) is 0 Å². The van der Waals surface area contributed by atoms with Gasteiger partial charge < -0.3 is 9.72 Å². The average molecular weight is 305 g/mol. The van der Waals surface area contributed by atoms with E-state index in [1.165, 1.54) is 7.05 Å². The Balaban J connectivity index is 2.90. The molecule has 1 rings (SSSR count). The highest BCUT2D eigenvalue weighted by atomic mass is 32.2. The summed E-state index contributed by atoms with van der Waals surface area (Å²) in [5.74, 6) is -0.537. The van der Waals surface area contributed by atoms with Gasteiger partial charge in [-0.25, -0.2) is 17.5 Å². The SMILES string of the molecule is CCOC(=O)CCN(C)S(=O)(=O)c1c[nH]c(=O)[nH]c1=O. The van der Waals surface area contributed by atoms with Crippen molar-refractivity contribution < 1.29 is 17.9 Å². The second kappa shape index (κ2) is 6.48. The van der Waals surface area contributed by atoms with Gasteiger partial charge in [0.05, 0.1) is 13.0 Å². The van der Waals surface area contributed by atoms with Crippen LogP contribution in [0.1, 0.15) is 13.3 Å². The number of esters is 1. The van der Waals surface area contributed by atoms with Crippen LogP contribution in [0.25, 0.3) is 0 Å². The van der Waals surface area contributed by atoms with Crippen LogP contribution in [0.15, 0.2) is 20.7 Å². The topological polar surface area (TPSA) is 129 Å². The molecule has 0 spiro atoms. The number of rotatable bonds is 6. The average Bonchev–Trinajstić information content (AvgIpc) is 2.35. The number of H-pyrrole nitrogens is 2. The lowest BCUT2D eigenvalue weighted by atomic mass is 10.4. The van der Waals surface area contributed by atoms with Crippen molar-refractivity contribution in [3.05, 3.63) is 27.0 Å². The van der Waals surface area contributed by atoms with Crippen molar-refractivity contribution in [2.45, 2.75) is 18.2 Å². The van der Waals surface area contributed by atoms with Crippen molar-refractivity contribution in [1.29, 1.82) is 0 Å². The molecular formula is C10H15N3O6S. The highest BCUT2D eigenvalue weighted by Gasteiger charge is 2.24. The molecule has 9 nitrogen and oxygen atoms in total. The summed E-state index contributed by atoms with van der Waals surface area (Å²) in [6.45, 7) is 1.70. The van der Waals surface area contributed by atoms with Gasteiger partial charge in [0.15, 0.2) is 4.90 Å². The summed E-state index contributed by atoms with van der Waals surface area (Å²) >= 11 is 0. The van der Waals surface area contributed by atoms with Crippen LogP contribution >= 0.6 is 0 Å². The fourth-order valence-electron chi connectivity index (χ4n) is 1.36. The molecule has 0 aliphatic rings. The van der Waals surface area contributed by atoms with E-state index >= 15 is 0 Å². The van der Waals surface area contributed by atoms with E-state index in [0.717, 1.165) is 10.5 Å². The zero-order valence-corrected chi connectivity index (χ0v) is 11.8. The predicted octanol–water partition coefficient (Wildman–Crippen LogP) is -1.36. The molecule has 1 heterocycles. The minimum Gasteiger partial charge on any atom is -0.466 e. The molecule has 112 valence electrons. The molecule has 10 heteroatoms. The minimum atomic E-state index is -4.09. The second-order valence-electron chi connectivity index (χ2n) is 3.82. The first-order valence-corrected chi connectivity index (χ1v) is 7.17. The Bertz CT molecular complexity index is 689. The van der Waals surface area contributed by atoms with Gasteiger partial charge in [0, 0.05) is 19.8 Å². The van der Waals surface area contributed by atoms with Crippen LogP contribution in [0.5, 0.6) is 0 Å². The minimum absolute atomic E-state index is 0.134. The van der Waals surface area contributed by atoms with Crippen LogP contribution in [-0.4, -0.2) is 48.9 Å². The number of hydrogen-bond donors (Lipinski definition) is 2. The number of carbonyl (C=O) groups excluding carboxylic acids is 1. The monoisotopic (exact) mass is 305 g/mol.